The Morgan fingerprint density at radius 3 is 2.47 bits per heavy atom. The van der Waals surface area contributed by atoms with Gasteiger partial charge >= 0.3 is 0 Å². The van der Waals surface area contributed by atoms with E-state index in [2.05, 4.69) is 10.6 Å². The number of nitro groups is 1. The van der Waals surface area contributed by atoms with E-state index in [0.717, 1.165) is 0 Å². The average Bonchev–Trinajstić information content (AvgIpc) is 2.79. The fraction of sp³-hybridized carbons (Fsp3) is 0.364. The first-order valence-electron chi connectivity index (χ1n) is 10.2. The van der Waals surface area contributed by atoms with Crippen LogP contribution < -0.4 is 20.3 Å². The number of non-ortho nitro benzene ring substituents is 1. The summed E-state index contributed by atoms with van der Waals surface area (Å²) in [6, 6.07) is 9.08. The Morgan fingerprint density at radius 1 is 1.12 bits per heavy atom. The molecule has 1 fully saturated rings. The van der Waals surface area contributed by atoms with Crippen molar-refractivity contribution < 1.29 is 24.0 Å². The van der Waals surface area contributed by atoms with Crippen molar-refractivity contribution in [3.05, 3.63) is 52.1 Å². The molecular weight excluding hydrogens is 416 g/mol. The summed E-state index contributed by atoms with van der Waals surface area (Å²) in [5.41, 5.74) is 1.53. The molecule has 1 heterocycles. The van der Waals surface area contributed by atoms with Crippen molar-refractivity contribution in [2.75, 3.05) is 48.9 Å². The van der Waals surface area contributed by atoms with Crippen LogP contribution in [0.15, 0.2) is 36.4 Å². The van der Waals surface area contributed by atoms with E-state index in [-0.39, 0.29) is 23.1 Å². The van der Waals surface area contributed by atoms with E-state index in [1.807, 2.05) is 4.90 Å². The molecule has 0 unspecified atom stereocenters. The Bertz CT molecular complexity index is 1020. The first-order valence-corrected chi connectivity index (χ1v) is 10.2. The zero-order chi connectivity index (χ0) is 23.3. The number of nitrogens with zero attached hydrogens (tertiary/aromatic N) is 2. The minimum Gasteiger partial charge on any atom is -0.494 e. The number of carbonyl (C=O) groups excluding carboxylic acids is 2. The molecular formula is C22H26N4O6. The van der Waals surface area contributed by atoms with Gasteiger partial charge in [-0.2, -0.15) is 0 Å². The summed E-state index contributed by atoms with van der Waals surface area (Å²) in [6.45, 7) is 5.74. The van der Waals surface area contributed by atoms with Crippen molar-refractivity contribution in [2.45, 2.75) is 13.8 Å². The molecule has 2 N–H and O–H groups in total. The van der Waals surface area contributed by atoms with Crippen LogP contribution in [0, 0.1) is 16.0 Å². The van der Waals surface area contributed by atoms with Gasteiger partial charge in [0.1, 0.15) is 5.75 Å². The highest BCUT2D eigenvalue weighted by atomic mass is 16.6. The maximum Gasteiger partial charge on any atom is 0.270 e. The molecule has 3 rings (SSSR count). The van der Waals surface area contributed by atoms with E-state index in [9.17, 15) is 19.7 Å². The predicted molar refractivity (Wildman–Crippen MR) is 121 cm³/mol. The Morgan fingerprint density at radius 2 is 1.84 bits per heavy atom. The number of hydrogen-bond acceptors (Lipinski definition) is 7. The van der Waals surface area contributed by atoms with Crippen LogP contribution in [0.2, 0.25) is 0 Å². The molecule has 0 saturated carbocycles. The van der Waals surface area contributed by atoms with Crippen LogP contribution in [-0.4, -0.2) is 50.2 Å². The number of benzene rings is 2. The Balaban J connectivity index is 1.88. The number of nitro benzene ring substituents is 1. The topological polar surface area (TPSA) is 123 Å². The van der Waals surface area contributed by atoms with Crippen LogP contribution in [-0.2, 0) is 9.53 Å². The standard InChI is InChI=1S/C22H26N4O6/c1-14(2)21(27)24-18-6-4-15(12-20(18)31-3)23-22(28)17-13-16(26(29)30)5-7-19(17)25-8-10-32-11-9-25/h4-7,12-14H,8-11H2,1-3H3,(H,23,28)(H,24,27). The van der Waals surface area contributed by atoms with Crippen molar-refractivity contribution >= 4 is 34.6 Å². The number of methoxy groups -OCH3 is 1. The summed E-state index contributed by atoms with van der Waals surface area (Å²) in [5.74, 6) is -0.473. The van der Waals surface area contributed by atoms with E-state index in [4.69, 9.17) is 9.47 Å². The highest BCUT2D eigenvalue weighted by molar-refractivity contribution is 6.09. The summed E-state index contributed by atoms with van der Waals surface area (Å²) in [7, 11) is 1.46. The van der Waals surface area contributed by atoms with Crippen LogP contribution >= 0.6 is 0 Å². The van der Waals surface area contributed by atoms with Gasteiger partial charge in [0.05, 0.1) is 42.2 Å². The van der Waals surface area contributed by atoms with Crippen LogP contribution in [0.25, 0.3) is 0 Å². The number of carbonyl (C=O) groups is 2. The second-order valence-corrected chi connectivity index (χ2v) is 7.57. The fourth-order valence-electron chi connectivity index (χ4n) is 3.25. The molecule has 32 heavy (non-hydrogen) atoms. The Kier molecular flexibility index (Phi) is 7.26. The molecule has 170 valence electrons. The number of ether oxygens (including phenoxy) is 2. The van der Waals surface area contributed by atoms with E-state index in [0.29, 0.717) is 49.1 Å². The largest absolute Gasteiger partial charge is 0.494 e. The Labute approximate surface area is 185 Å². The maximum atomic E-state index is 13.1. The number of amides is 2. The third kappa shape index (κ3) is 5.33. The molecule has 0 atom stereocenters. The van der Waals surface area contributed by atoms with Crippen LogP contribution in [0.4, 0.5) is 22.7 Å². The second kappa shape index (κ2) is 10.1. The van der Waals surface area contributed by atoms with E-state index in [1.165, 1.54) is 19.2 Å². The van der Waals surface area contributed by atoms with Crippen molar-refractivity contribution in [1.29, 1.82) is 0 Å². The molecule has 10 heteroatoms. The molecule has 0 aliphatic carbocycles. The van der Waals surface area contributed by atoms with Crippen LogP contribution in [0.3, 0.4) is 0 Å². The molecule has 2 aromatic carbocycles. The molecule has 10 nitrogen and oxygen atoms in total. The molecule has 2 aromatic rings. The van der Waals surface area contributed by atoms with Crippen molar-refractivity contribution in [3.8, 4) is 5.75 Å². The van der Waals surface area contributed by atoms with Crippen LogP contribution in [0.5, 0.6) is 5.75 Å². The summed E-state index contributed by atoms with van der Waals surface area (Å²) in [6.07, 6.45) is 0. The van der Waals surface area contributed by atoms with Gasteiger partial charge in [-0.1, -0.05) is 13.8 Å². The predicted octanol–water partition coefficient (Wildman–Crippen LogP) is 3.29. The first kappa shape index (κ1) is 23.0. The quantitative estimate of drug-likeness (QED) is 0.498. The van der Waals surface area contributed by atoms with Gasteiger partial charge in [-0.25, -0.2) is 0 Å². The van der Waals surface area contributed by atoms with Crippen molar-refractivity contribution in [2.24, 2.45) is 5.92 Å². The zero-order valence-electron chi connectivity index (χ0n) is 18.2. The van der Waals surface area contributed by atoms with Gasteiger partial charge in [-0.3, -0.25) is 19.7 Å². The molecule has 0 radical (unpaired) electrons. The monoisotopic (exact) mass is 442 g/mol. The first-order chi connectivity index (χ1) is 15.3. The average molecular weight is 442 g/mol. The summed E-state index contributed by atoms with van der Waals surface area (Å²) in [5, 5.41) is 16.8. The van der Waals surface area contributed by atoms with Gasteiger partial charge in [0.15, 0.2) is 0 Å². The third-order valence-electron chi connectivity index (χ3n) is 5.03. The Hall–Kier alpha value is -3.66. The van der Waals surface area contributed by atoms with Gasteiger partial charge < -0.3 is 25.0 Å². The minimum atomic E-state index is -0.533. The lowest BCUT2D eigenvalue weighted by Crippen LogP contribution is -2.37. The molecule has 1 saturated heterocycles. The molecule has 1 aliphatic heterocycles. The van der Waals surface area contributed by atoms with E-state index >= 15 is 0 Å². The maximum absolute atomic E-state index is 13.1. The highest BCUT2D eigenvalue weighted by Gasteiger charge is 2.22. The minimum absolute atomic E-state index is 0.160. The lowest BCUT2D eigenvalue weighted by Gasteiger charge is -2.30. The molecule has 2 amide bonds. The molecule has 1 aliphatic rings. The van der Waals surface area contributed by atoms with E-state index in [1.54, 1.807) is 38.1 Å². The van der Waals surface area contributed by atoms with Gasteiger partial charge in [0.2, 0.25) is 5.91 Å². The number of morpholine rings is 1. The smallest absolute Gasteiger partial charge is 0.270 e. The number of rotatable bonds is 7. The lowest BCUT2D eigenvalue weighted by atomic mass is 10.1. The van der Waals surface area contributed by atoms with Gasteiger partial charge in [-0.15, -0.1) is 0 Å². The van der Waals surface area contributed by atoms with Gasteiger partial charge in [-0.05, 0) is 18.2 Å². The van der Waals surface area contributed by atoms with Crippen molar-refractivity contribution in [3.63, 3.8) is 0 Å². The van der Waals surface area contributed by atoms with Crippen LogP contribution in [0.1, 0.15) is 24.2 Å². The number of anilines is 3. The van der Waals surface area contributed by atoms with Crippen molar-refractivity contribution in [1.82, 2.24) is 0 Å². The lowest BCUT2D eigenvalue weighted by molar-refractivity contribution is -0.384. The second-order valence-electron chi connectivity index (χ2n) is 7.57. The SMILES string of the molecule is COc1cc(NC(=O)c2cc([N+](=O)[O-])ccc2N2CCOCC2)ccc1NC(=O)C(C)C. The summed E-state index contributed by atoms with van der Waals surface area (Å²) < 4.78 is 10.7. The van der Waals surface area contributed by atoms with Gasteiger partial charge in [0.25, 0.3) is 11.6 Å². The molecule has 0 aromatic heterocycles. The zero-order valence-corrected chi connectivity index (χ0v) is 18.2. The summed E-state index contributed by atoms with van der Waals surface area (Å²) in [4.78, 5) is 37.8. The fourth-order valence-corrected chi connectivity index (χ4v) is 3.25. The highest BCUT2D eigenvalue weighted by Crippen LogP contribution is 2.31. The van der Waals surface area contributed by atoms with E-state index < -0.39 is 10.8 Å². The summed E-state index contributed by atoms with van der Waals surface area (Å²) >= 11 is 0. The number of nitrogens with one attached hydrogen (secondary N) is 2. The normalized spacial score (nSPS) is 13.6. The third-order valence-corrected chi connectivity index (χ3v) is 5.03. The number of hydrogen-bond donors (Lipinski definition) is 2. The molecule has 0 spiro atoms. The molecule has 0 bridgehead atoms. The van der Waals surface area contributed by atoms with Gasteiger partial charge in [0, 0.05) is 42.9 Å².